The first-order chi connectivity index (χ1) is 14.6. The van der Waals surface area contributed by atoms with Crippen molar-refractivity contribution in [3.05, 3.63) is 99.1 Å². The summed E-state index contributed by atoms with van der Waals surface area (Å²) in [6, 6.07) is 18.3. The number of aromatic amines is 1. The molecule has 0 atom stereocenters. The van der Waals surface area contributed by atoms with Gasteiger partial charge in [-0.3, -0.25) is 14.9 Å². The molecule has 2 aromatic heterocycles. The van der Waals surface area contributed by atoms with Gasteiger partial charge < -0.3 is 0 Å². The van der Waals surface area contributed by atoms with Crippen molar-refractivity contribution in [3.63, 3.8) is 0 Å². The Morgan fingerprint density at radius 2 is 1.93 bits per heavy atom. The van der Waals surface area contributed by atoms with Gasteiger partial charge in [0.15, 0.2) is 0 Å². The second kappa shape index (κ2) is 8.75. The number of hydrogen-bond acceptors (Lipinski definition) is 5. The molecule has 0 radical (unpaired) electrons. The second-order valence-electron chi connectivity index (χ2n) is 6.78. The molecule has 0 saturated heterocycles. The normalized spacial score (nSPS) is 11.1. The van der Waals surface area contributed by atoms with Crippen LogP contribution in [0.25, 0.3) is 11.3 Å². The largest absolute Gasteiger partial charge is 0.285 e. The summed E-state index contributed by atoms with van der Waals surface area (Å²) in [7, 11) is 0. The van der Waals surface area contributed by atoms with E-state index in [-0.39, 0.29) is 5.02 Å². The van der Waals surface area contributed by atoms with Crippen molar-refractivity contribution in [2.75, 3.05) is 5.43 Å². The van der Waals surface area contributed by atoms with Crippen molar-refractivity contribution in [1.82, 2.24) is 20.0 Å². The van der Waals surface area contributed by atoms with E-state index in [2.05, 4.69) is 32.9 Å². The molecule has 0 unspecified atom stereocenters. The van der Waals surface area contributed by atoms with Gasteiger partial charge in [-0.05, 0) is 12.5 Å². The van der Waals surface area contributed by atoms with E-state index in [0.717, 1.165) is 22.4 Å². The molecule has 0 aliphatic heterocycles. The van der Waals surface area contributed by atoms with Gasteiger partial charge in [0.25, 0.3) is 5.56 Å². The Kier molecular flexibility index (Phi) is 5.72. The number of nitrogens with zero attached hydrogens (tertiary/aromatic N) is 4. The fourth-order valence-corrected chi connectivity index (χ4v) is 3.08. The minimum absolute atomic E-state index is 0.000630. The number of aromatic nitrogens is 4. The number of benzene rings is 2. The van der Waals surface area contributed by atoms with Crippen molar-refractivity contribution in [1.29, 1.82) is 0 Å². The quantitative estimate of drug-likeness (QED) is 0.364. The number of H-pyrrole nitrogens is 1. The lowest BCUT2D eigenvalue weighted by molar-refractivity contribution is 0.689. The van der Waals surface area contributed by atoms with E-state index in [9.17, 15) is 4.79 Å². The molecular weight excluding hydrogens is 400 g/mol. The second-order valence-corrected chi connectivity index (χ2v) is 7.16. The van der Waals surface area contributed by atoms with E-state index in [1.165, 1.54) is 11.8 Å². The predicted molar refractivity (Wildman–Crippen MR) is 119 cm³/mol. The molecule has 2 aromatic carbocycles. The minimum atomic E-state index is -0.479. The average molecular weight is 419 g/mol. The van der Waals surface area contributed by atoms with Gasteiger partial charge in [-0.2, -0.15) is 15.3 Å². The van der Waals surface area contributed by atoms with Crippen molar-refractivity contribution in [3.8, 4) is 11.3 Å². The molecule has 0 aliphatic rings. The molecule has 0 aliphatic carbocycles. The highest BCUT2D eigenvalue weighted by Gasteiger charge is 2.11. The third-order valence-electron chi connectivity index (χ3n) is 4.49. The molecule has 4 rings (SSSR count). The molecule has 0 amide bonds. The average Bonchev–Trinajstić information content (AvgIpc) is 3.15. The summed E-state index contributed by atoms with van der Waals surface area (Å²) in [6.07, 6.45) is 4.99. The molecule has 0 bridgehead atoms. The van der Waals surface area contributed by atoms with Crippen molar-refractivity contribution < 1.29 is 0 Å². The third-order valence-corrected chi connectivity index (χ3v) is 4.86. The van der Waals surface area contributed by atoms with Crippen LogP contribution in [0.2, 0.25) is 5.02 Å². The summed E-state index contributed by atoms with van der Waals surface area (Å²) in [5.74, 6) is 0. The molecule has 8 heteroatoms. The Bertz CT molecular complexity index is 1230. The monoisotopic (exact) mass is 418 g/mol. The number of hydrogen-bond donors (Lipinski definition) is 2. The Balaban J connectivity index is 1.65. The molecule has 30 heavy (non-hydrogen) atoms. The fraction of sp³-hybridized carbons (Fsp3) is 0.0909. The topological polar surface area (TPSA) is 88.0 Å². The third kappa shape index (κ3) is 4.47. The lowest BCUT2D eigenvalue weighted by Gasteiger charge is -2.02. The van der Waals surface area contributed by atoms with E-state index < -0.39 is 5.56 Å². The molecule has 2 heterocycles. The zero-order chi connectivity index (χ0) is 20.9. The Morgan fingerprint density at radius 3 is 2.70 bits per heavy atom. The van der Waals surface area contributed by atoms with Crippen LogP contribution in [0.5, 0.6) is 0 Å². The fourth-order valence-electron chi connectivity index (χ4n) is 2.95. The van der Waals surface area contributed by atoms with Gasteiger partial charge in [0.05, 0.1) is 19.0 Å². The zero-order valence-corrected chi connectivity index (χ0v) is 17.0. The highest BCUT2D eigenvalue weighted by molar-refractivity contribution is 6.32. The summed E-state index contributed by atoms with van der Waals surface area (Å²) in [4.78, 5) is 11.6. The standard InChI is InChI=1S/C22H19ClN6O/c1-15-7-9-17(10-8-15)21-18(11-24-26-19-12-25-27-22(30)20(19)23)14-29(28-21)13-16-5-3-2-4-6-16/h2-12,14H,13H2,1H3,(H2,26,27,30)/b24-11-. The van der Waals surface area contributed by atoms with Crippen molar-refractivity contribution in [2.45, 2.75) is 13.5 Å². The number of aryl methyl sites for hydroxylation is 1. The Labute approximate surface area is 178 Å². The number of hydrazone groups is 1. The molecule has 0 fully saturated rings. The summed E-state index contributed by atoms with van der Waals surface area (Å²) in [5, 5.41) is 15.0. The van der Waals surface area contributed by atoms with E-state index in [1.54, 1.807) is 6.21 Å². The smallest absolute Gasteiger partial charge is 0.275 e. The molecule has 150 valence electrons. The first-order valence-corrected chi connectivity index (χ1v) is 9.68. The number of rotatable bonds is 6. The van der Waals surface area contributed by atoms with Crippen LogP contribution >= 0.6 is 11.6 Å². The van der Waals surface area contributed by atoms with Crippen LogP contribution in [0.1, 0.15) is 16.7 Å². The summed E-state index contributed by atoms with van der Waals surface area (Å²) in [6.45, 7) is 2.69. The van der Waals surface area contributed by atoms with Crippen LogP contribution in [0.3, 0.4) is 0 Å². The first kappa shape index (κ1) is 19.6. The van der Waals surface area contributed by atoms with E-state index in [1.807, 2.05) is 60.3 Å². The maximum atomic E-state index is 11.6. The van der Waals surface area contributed by atoms with Crippen LogP contribution in [0, 0.1) is 6.92 Å². The van der Waals surface area contributed by atoms with Crippen LogP contribution in [0.4, 0.5) is 5.69 Å². The number of halogens is 1. The van der Waals surface area contributed by atoms with E-state index >= 15 is 0 Å². The van der Waals surface area contributed by atoms with Crippen LogP contribution in [0.15, 0.2) is 76.9 Å². The van der Waals surface area contributed by atoms with E-state index in [4.69, 9.17) is 16.7 Å². The minimum Gasteiger partial charge on any atom is -0.275 e. The summed E-state index contributed by atoms with van der Waals surface area (Å²) in [5.41, 5.74) is 7.57. The van der Waals surface area contributed by atoms with Gasteiger partial charge in [-0.15, -0.1) is 0 Å². The molecule has 2 N–H and O–H groups in total. The SMILES string of the molecule is Cc1ccc(-c2nn(Cc3ccccc3)cc2/C=N\Nc2cn[nH]c(=O)c2Cl)cc1. The lowest BCUT2D eigenvalue weighted by atomic mass is 10.1. The van der Waals surface area contributed by atoms with Gasteiger partial charge in [0.2, 0.25) is 0 Å². The van der Waals surface area contributed by atoms with Crippen LogP contribution in [-0.2, 0) is 6.54 Å². The van der Waals surface area contributed by atoms with Crippen LogP contribution < -0.4 is 11.0 Å². The van der Waals surface area contributed by atoms with Gasteiger partial charge in [0, 0.05) is 17.3 Å². The molecular formula is C22H19ClN6O. The van der Waals surface area contributed by atoms with Gasteiger partial charge in [-0.1, -0.05) is 71.8 Å². The zero-order valence-electron chi connectivity index (χ0n) is 16.2. The first-order valence-electron chi connectivity index (χ1n) is 9.31. The lowest BCUT2D eigenvalue weighted by Crippen LogP contribution is -2.10. The van der Waals surface area contributed by atoms with Crippen molar-refractivity contribution in [2.24, 2.45) is 5.10 Å². The van der Waals surface area contributed by atoms with Gasteiger partial charge in [0.1, 0.15) is 16.4 Å². The Hall–Kier alpha value is -3.71. The maximum absolute atomic E-state index is 11.6. The molecule has 7 nitrogen and oxygen atoms in total. The van der Waals surface area contributed by atoms with E-state index in [0.29, 0.717) is 12.2 Å². The van der Waals surface area contributed by atoms with Gasteiger partial charge >= 0.3 is 0 Å². The Morgan fingerprint density at radius 1 is 1.17 bits per heavy atom. The highest BCUT2D eigenvalue weighted by Crippen LogP contribution is 2.22. The molecule has 0 spiro atoms. The van der Waals surface area contributed by atoms with Crippen LogP contribution in [-0.4, -0.2) is 26.2 Å². The van der Waals surface area contributed by atoms with Crippen molar-refractivity contribution >= 4 is 23.5 Å². The number of anilines is 1. The number of nitrogens with one attached hydrogen (secondary N) is 2. The predicted octanol–water partition coefficient (Wildman–Crippen LogP) is 4.09. The summed E-state index contributed by atoms with van der Waals surface area (Å²) < 4.78 is 1.88. The maximum Gasteiger partial charge on any atom is 0.285 e. The van der Waals surface area contributed by atoms with Gasteiger partial charge in [-0.25, -0.2) is 5.10 Å². The summed E-state index contributed by atoms with van der Waals surface area (Å²) >= 11 is 5.97. The molecule has 4 aromatic rings. The molecule has 0 saturated carbocycles. The highest BCUT2D eigenvalue weighted by atomic mass is 35.5.